The fourth-order valence-corrected chi connectivity index (χ4v) is 2.05. The van der Waals surface area contributed by atoms with Crippen LogP contribution in [0.15, 0.2) is 0 Å². The number of hydrogen-bond donors (Lipinski definition) is 8. The van der Waals surface area contributed by atoms with E-state index in [0.29, 0.717) is 0 Å². The van der Waals surface area contributed by atoms with E-state index < -0.39 is 74.6 Å². The molecule has 0 bridgehead atoms. The number of ketones is 1. The smallest absolute Gasteiger partial charge is 0.195 e. The Morgan fingerprint density at radius 2 is 1.61 bits per heavy atom. The molecule has 0 amide bonds. The summed E-state index contributed by atoms with van der Waals surface area (Å²) in [4.78, 5) is 11.8. The van der Waals surface area contributed by atoms with Gasteiger partial charge in [-0.3, -0.25) is 4.79 Å². The fourth-order valence-electron chi connectivity index (χ4n) is 2.05. The largest absolute Gasteiger partial charge is 0.394 e. The first-order valence-corrected chi connectivity index (χ1v) is 6.86. The van der Waals surface area contributed by atoms with Gasteiger partial charge in [0.25, 0.3) is 0 Å². The highest BCUT2D eigenvalue weighted by Crippen LogP contribution is 2.24. The highest BCUT2D eigenvalue weighted by molar-refractivity contribution is 5.87. The average molecular weight is 342 g/mol. The van der Waals surface area contributed by atoms with Crippen molar-refractivity contribution < 1.29 is 55.1 Å². The SMILES string of the molecule is O=C([C@@H](O)CO)[C@H](O[C@H]1O[C@H](CO)[C@@H](O)[C@H](O)[C@H]1O)[C@H](O)CO. The molecule has 0 aromatic carbocycles. The monoisotopic (exact) mass is 342 g/mol. The Morgan fingerprint density at radius 1 is 1.00 bits per heavy atom. The van der Waals surface area contributed by atoms with Gasteiger partial charge in [-0.05, 0) is 0 Å². The molecule has 11 heteroatoms. The van der Waals surface area contributed by atoms with Gasteiger partial charge in [-0.1, -0.05) is 0 Å². The maximum atomic E-state index is 11.8. The van der Waals surface area contributed by atoms with Gasteiger partial charge in [0, 0.05) is 0 Å². The van der Waals surface area contributed by atoms with Gasteiger partial charge in [-0.15, -0.1) is 0 Å². The third kappa shape index (κ3) is 4.64. The van der Waals surface area contributed by atoms with Crippen LogP contribution in [0.4, 0.5) is 0 Å². The van der Waals surface area contributed by atoms with E-state index in [9.17, 15) is 30.3 Å². The van der Waals surface area contributed by atoms with Gasteiger partial charge in [0.15, 0.2) is 12.1 Å². The number of rotatable bonds is 8. The molecule has 0 aromatic rings. The second kappa shape index (κ2) is 8.94. The van der Waals surface area contributed by atoms with Crippen LogP contribution in [0.5, 0.6) is 0 Å². The van der Waals surface area contributed by atoms with Gasteiger partial charge in [0.05, 0.1) is 19.8 Å². The van der Waals surface area contributed by atoms with Crippen molar-refractivity contribution in [3.63, 3.8) is 0 Å². The predicted molar refractivity (Wildman–Crippen MR) is 69.8 cm³/mol. The summed E-state index contributed by atoms with van der Waals surface area (Å²) in [6.07, 6.45) is -13.9. The lowest BCUT2D eigenvalue weighted by Gasteiger charge is -2.41. The minimum atomic E-state index is -1.91. The van der Waals surface area contributed by atoms with E-state index in [2.05, 4.69) is 0 Å². The van der Waals surface area contributed by atoms with Gasteiger partial charge >= 0.3 is 0 Å². The van der Waals surface area contributed by atoms with Crippen molar-refractivity contribution in [3.8, 4) is 0 Å². The zero-order chi connectivity index (χ0) is 17.7. The van der Waals surface area contributed by atoms with Crippen molar-refractivity contribution in [1.82, 2.24) is 0 Å². The molecule has 1 heterocycles. The molecule has 23 heavy (non-hydrogen) atoms. The van der Waals surface area contributed by atoms with E-state index in [0.717, 1.165) is 0 Å². The fraction of sp³-hybridized carbons (Fsp3) is 0.917. The standard InChI is InChI=1S/C12H22O11/c13-1-4(16)7(18)11(5(17)2-14)23-12-10(21)9(20)8(19)6(3-15)22-12/h4-6,8-17,19-21H,1-3H2/t4-,5+,6+,8+,9-,10+,11+,12+/m0/s1. The Kier molecular flexibility index (Phi) is 7.89. The van der Waals surface area contributed by atoms with E-state index in [1.807, 2.05) is 0 Å². The molecule has 1 fully saturated rings. The molecule has 1 saturated heterocycles. The number of carbonyl (C=O) groups excluding carboxylic acids is 1. The Balaban J connectivity index is 2.91. The highest BCUT2D eigenvalue weighted by Gasteiger charge is 2.46. The van der Waals surface area contributed by atoms with Crippen LogP contribution in [-0.4, -0.2) is 115 Å². The van der Waals surface area contributed by atoms with Crippen LogP contribution in [0.25, 0.3) is 0 Å². The van der Waals surface area contributed by atoms with Crippen LogP contribution >= 0.6 is 0 Å². The number of aliphatic hydroxyl groups is 8. The van der Waals surface area contributed by atoms with Crippen LogP contribution in [0, 0.1) is 0 Å². The lowest BCUT2D eigenvalue weighted by atomic mass is 9.99. The predicted octanol–water partition coefficient (Wildman–Crippen LogP) is -5.55. The molecule has 136 valence electrons. The first-order valence-electron chi connectivity index (χ1n) is 6.86. The summed E-state index contributed by atoms with van der Waals surface area (Å²) in [6.45, 7) is -2.64. The third-order valence-corrected chi connectivity index (χ3v) is 3.45. The summed E-state index contributed by atoms with van der Waals surface area (Å²) >= 11 is 0. The molecule has 1 aliphatic heterocycles. The first kappa shape index (κ1) is 20.3. The number of ether oxygens (including phenoxy) is 2. The maximum absolute atomic E-state index is 11.8. The average Bonchev–Trinajstić information content (AvgIpc) is 2.57. The first-order chi connectivity index (χ1) is 10.8. The molecular weight excluding hydrogens is 320 g/mol. The lowest BCUT2D eigenvalue weighted by Crippen LogP contribution is -2.61. The van der Waals surface area contributed by atoms with Crippen molar-refractivity contribution in [2.45, 2.75) is 49.0 Å². The number of hydrogen-bond acceptors (Lipinski definition) is 11. The summed E-state index contributed by atoms with van der Waals surface area (Å²) in [6, 6.07) is 0. The van der Waals surface area contributed by atoms with E-state index in [-0.39, 0.29) is 0 Å². The quantitative estimate of drug-likeness (QED) is 0.209. The summed E-state index contributed by atoms with van der Waals surface area (Å²) < 4.78 is 10.0. The zero-order valence-electron chi connectivity index (χ0n) is 12.0. The topological polar surface area (TPSA) is 197 Å². The molecule has 8 N–H and O–H groups in total. The van der Waals surface area contributed by atoms with Crippen molar-refractivity contribution in [1.29, 1.82) is 0 Å². The second-order valence-electron chi connectivity index (χ2n) is 5.10. The number of carbonyl (C=O) groups is 1. The number of Topliss-reactive ketones (excluding diaryl/α,β-unsaturated/α-hetero) is 1. The molecule has 1 aliphatic rings. The van der Waals surface area contributed by atoms with Crippen molar-refractivity contribution >= 4 is 5.78 Å². The minimum Gasteiger partial charge on any atom is -0.394 e. The van der Waals surface area contributed by atoms with Gasteiger partial charge in [0.1, 0.15) is 42.7 Å². The molecule has 0 aromatic heterocycles. The van der Waals surface area contributed by atoms with Crippen LogP contribution in [-0.2, 0) is 14.3 Å². The van der Waals surface area contributed by atoms with Crippen molar-refractivity contribution in [2.75, 3.05) is 19.8 Å². The summed E-state index contributed by atoms with van der Waals surface area (Å²) in [5.74, 6) is -1.19. The third-order valence-electron chi connectivity index (χ3n) is 3.45. The molecule has 1 rings (SSSR count). The van der Waals surface area contributed by atoms with E-state index in [1.54, 1.807) is 0 Å². The number of aliphatic hydroxyl groups excluding tert-OH is 8. The normalized spacial score (nSPS) is 35.6. The highest BCUT2D eigenvalue weighted by atomic mass is 16.7. The van der Waals surface area contributed by atoms with E-state index >= 15 is 0 Å². The molecule has 11 nitrogen and oxygen atoms in total. The second-order valence-corrected chi connectivity index (χ2v) is 5.10. The van der Waals surface area contributed by atoms with Crippen LogP contribution < -0.4 is 0 Å². The lowest BCUT2D eigenvalue weighted by molar-refractivity contribution is -0.314. The van der Waals surface area contributed by atoms with Gasteiger partial charge < -0.3 is 50.3 Å². The van der Waals surface area contributed by atoms with Crippen LogP contribution in [0.1, 0.15) is 0 Å². The molecule has 0 radical (unpaired) electrons. The Morgan fingerprint density at radius 3 is 2.09 bits per heavy atom. The molecule has 0 aliphatic carbocycles. The Hall–Kier alpha value is -0.730. The maximum Gasteiger partial charge on any atom is 0.195 e. The van der Waals surface area contributed by atoms with Gasteiger partial charge in [0.2, 0.25) is 0 Å². The Bertz CT molecular complexity index is 376. The minimum absolute atomic E-state index is 0.731. The summed E-state index contributed by atoms with van der Waals surface area (Å²) in [7, 11) is 0. The van der Waals surface area contributed by atoms with Gasteiger partial charge in [-0.25, -0.2) is 0 Å². The Labute approximate surface area is 130 Å². The molecule has 0 spiro atoms. The van der Waals surface area contributed by atoms with Gasteiger partial charge in [-0.2, -0.15) is 0 Å². The van der Waals surface area contributed by atoms with Crippen molar-refractivity contribution in [2.24, 2.45) is 0 Å². The zero-order valence-corrected chi connectivity index (χ0v) is 12.0. The summed E-state index contributed by atoms with van der Waals surface area (Å²) in [5, 5.41) is 74.7. The molecule has 0 unspecified atom stereocenters. The van der Waals surface area contributed by atoms with Crippen LogP contribution in [0.2, 0.25) is 0 Å². The molecule has 8 atom stereocenters. The summed E-state index contributed by atoms with van der Waals surface area (Å²) in [5.41, 5.74) is 0. The molecule has 0 saturated carbocycles. The molecular formula is C12H22O11. The van der Waals surface area contributed by atoms with E-state index in [1.165, 1.54) is 0 Å². The van der Waals surface area contributed by atoms with Crippen molar-refractivity contribution in [3.05, 3.63) is 0 Å². The van der Waals surface area contributed by atoms with E-state index in [4.69, 9.17) is 24.8 Å². The van der Waals surface area contributed by atoms with Crippen LogP contribution in [0.3, 0.4) is 0 Å².